The molecular formula is C25H29FN4O3. The van der Waals surface area contributed by atoms with Crippen LogP contribution in [0.25, 0.3) is 0 Å². The van der Waals surface area contributed by atoms with Gasteiger partial charge in [0.15, 0.2) is 0 Å². The van der Waals surface area contributed by atoms with E-state index in [1.54, 1.807) is 12.1 Å². The second-order valence-electron chi connectivity index (χ2n) is 8.15. The van der Waals surface area contributed by atoms with E-state index >= 15 is 0 Å². The van der Waals surface area contributed by atoms with Crippen LogP contribution in [0.15, 0.2) is 53.1 Å². The summed E-state index contributed by atoms with van der Waals surface area (Å²) in [7, 11) is 0. The average molecular weight is 453 g/mol. The second kappa shape index (κ2) is 10.5. The summed E-state index contributed by atoms with van der Waals surface area (Å²) >= 11 is 0. The highest BCUT2D eigenvalue weighted by molar-refractivity contribution is 5.96. The van der Waals surface area contributed by atoms with Crippen molar-refractivity contribution in [1.82, 2.24) is 15.4 Å². The second-order valence-corrected chi connectivity index (χ2v) is 8.15. The normalized spacial score (nSPS) is 14.3. The van der Waals surface area contributed by atoms with Crippen molar-refractivity contribution in [1.29, 1.82) is 0 Å². The number of anilines is 1. The lowest BCUT2D eigenvalue weighted by molar-refractivity contribution is 0.0943. The standard InChI is InChI=1S/C25H29FN4O3/c1-18-23(19(2)33-28-18)17-32-24-6-4-3-5-22(24)25(31)27-11-12-29-13-15-30(16-14-29)21-9-7-20(26)8-10-21/h3-10H,11-17H2,1-2H3,(H,27,31). The third-order valence-electron chi connectivity index (χ3n) is 5.96. The molecule has 0 saturated carbocycles. The smallest absolute Gasteiger partial charge is 0.255 e. The third kappa shape index (κ3) is 5.70. The number of ether oxygens (including phenoxy) is 1. The molecule has 7 nitrogen and oxygen atoms in total. The maximum Gasteiger partial charge on any atom is 0.255 e. The molecule has 1 aliphatic heterocycles. The van der Waals surface area contributed by atoms with Crippen LogP contribution in [0.1, 0.15) is 27.4 Å². The predicted octanol–water partition coefficient (Wildman–Crippen LogP) is 3.56. The molecule has 4 rings (SSSR count). The maximum absolute atomic E-state index is 13.1. The molecule has 0 aliphatic carbocycles. The predicted molar refractivity (Wildman–Crippen MR) is 124 cm³/mol. The number of benzene rings is 2. The molecule has 1 fully saturated rings. The number of carbonyl (C=O) groups excluding carboxylic acids is 1. The molecule has 1 aliphatic rings. The molecule has 1 saturated heterocycles. The number of aryl methyl sites for hydroxylation is 2. The number of amides is 1. The van der Waals surface area contributed by atoms with E-state index in [1.807, 2.05) is 38.1 Å². The Balaban J connectivity index is 1.24. The number of nitrogens with one attached hydrogen (secondary N) is 1. The minimum absolute atomic E-state index is 0.158. The minimum Gasteiger partial charge on any atom is -0.488 e. The Hall–Kier alpha value is -3.39. The molecule has 0 spiro atoms. The molecule has 1 amide bonds. The van der Waals surface area contributed by atoms with E-state index in [9.17, 15) is 9.18 Å². The van der Waals surface area contributed by atoms with Crippen LogP contribution in [-0.4, -0.2) is 55.2 Å². The SMILES string of the molecule is Cc1noc(C)c1COc1ccccc1C(=O)NCCN1CCN(c2ccc(F)cc2)CC1. The molecule has 2 aromatic carbocycles. The van der Waals surface area contributed by atoms with E-state index in [4.69, 9.17) is 9.26 Å². The van der Waals surface area contributed by atoms with Gasteiger partial charge in [-0.15, -0.1) is 0 Å². The first-order chi connectivity index (χ1) is 16.0. The van der Waals surface area contributed by atoms with Crippen molar-refractivity contribution in [3.05, 3.63) is 76.9 Å². The highest BCUT2D eigenvalue weighted by Crippen LogP contribution is 2.21. The quantitative estimate of drug-likeness (QED) is 0.564. The van der Waals surface area contributed by atoms with Gasteiger partial charge in [0.2, 0.25) is 0 Å². The van der Waals surface area contributed by atoms with Crippen molar-refractivity contribution in [3.8, 4) is 5.75 Å². The molecule has 8 heteroatoms. The Labute approximate surface area is 193 Å². The van der Waals surface area contributed by atoms with E-state index in [0.717, 1.165) is 49.7 Å². The summed E-state index contributed by atoms with van der Waals surface area (Å²) in [6, 6.07) is 13.8. The van der Waals surface area contributed by atoms with Crippen LogP contribution in [0.3, 0.4) is 0 Å². The van der Waals surface area contributed by atoms with Gasteiger partial charge in [-0.3, -0.25) is 9.69 Å². The number of aromatic nitrogens is 1. The first-order valence-electron chi connectivity index (χ1n) is 11.2. The van der Waals surface area contributed by atoms with Crippen LogP contribution in [0.2, 0.25) is 0 Å². The van der Waals surface area contributed by atoms with Crippen molar-refractivity contribution in [2.24, 2.45) is 0 Å². The zero-order chi connectivity index (χ0) is 23.2. The van der Waals surface area contributed by atoms with Gasteiger partial charge in [0, 0.05) is 45.0 Å². The highest BCUT2D eigenvalue weighted by Gasteiger charge is 2.18. The largest absolute Gasteiger partial charge is 0.488 e. The fourth-order valence-corrected chi connectivity index (χ4v) is 3.94. The van der Waals surface area contributed by atoms with Crippen molar-refractivity contribution < 1.29 is 18.4 Å². The third-order valence-corrected chi connectivity index (χ3v) is 5.96. The van der Waals surface area contributed by atoms with Gasteiger partial charge in [0.1, 0.15) is 23.9 Å². The molecule has 2 heterocycles. The Bertz CT molecular complexity index is 1060. The van der Waals surface area contributed by atoms with Crippen molar-refractivity contribution in [3.63, 3.8) is 0 Å². The number of hydrogen-bond acceptors (Lipinski definition) is 6. The number of rotatable bonds is 8. The summed E-state index contributed by atoms with van der Waals surface area (Å²) in [6.45, 7) is 8.86. The Kier molecular flexibility index (Phi) is 7.24. The van der Waals surface area contributed by atoms with Crippen LogP contribution in [-0.2, 0) is 6.61 Å². The zero-order valence-corrected chi connectivity index (χ0v) is 19.0. The Morgan fingerprint density at radius 1 is 1.09 bits per heavy atom. The average Bonchev–Trinajstić information content (AvgIpc) is 3.16. The van der Waals surface area contributed by atoms with Gasteiger partial charge < -0.3 is 19.5 Å². The van der Waals surface area contributed by atoms with Crippen LogP contribution in [0, 0.1) is 19.7 Å². The monoisotopic (exact) mass is 452 g/mol. The van der Waals surface area contributed by atoms with E-state index in [1.165, 1.54) is 12.1 Å². The lowest BCUT2D eigenvalue weighted by Crippen LogP contribution is -2.48. The molecule has 0 unspecified atom stereocenters. The van der Waals surface area contributed by atoms with Crippen LogP contribution < -0.4 is 15.0 Å². The molecule has 0 radical (unpaired) electrons. The molecule has 0 bridgehead atoms. The van der Waals surface area contributed by atoms with Gasteiger partial charge in [-0.25, -0.2) is 4.39 Å². The van der Waals surface area contributed by atoms with Crippen LogP contribution >= 0.6 is 0 Å². The van der Waals surface area contributed by atoms with Gasteiger partial charge in [0.25, 0.3) is 5.91 Å². The summed E-state index contributed by atoms with van der Waals surface area (Å²) in [6.07, 6.45) is 0. The Morgan fingerprint density at radius 3 is 2.52 bits per heavy atom. The fraction of sp³-hybridized carbons (Fsp3) is 0.360. The molecule has 0 atom stereocenters. The molecule has 3 aromatic rings. The lowest BCUT2D eigenvalue weighted by atomic mass is 10.1. The summed E-state index contributed by atoms with van der Waals surface area (Å²) in [5.74, 6) is 0.870. The van der Waals surface area contributed by atoms with E-state index in [2.05, 4.69) is 20.3 Å². The summed E-state index contributed by atoms with van der Waals surface area (Å²) in [5.41, 5.74) is 3.22. The first-order valence-corrected chi connectivity index (χ1v) is 11.2. The molecule has 33 heavy (non-hydrogen) atoms. The lowest BCUT2D eigenvalue weighted by Gasteiger charge is -2.36. The molecule has 1 N–H and O–H groups in total. The van der Waals surface area contributed by atoms with Crippen molar-refractivity contribution in [2.45, 2.75) is 20.5 Å². The van der Waals surface area contributed by atoms with Gasteiger partial charge in [0.05, 0.1) is 16.8 Å². The van der Waals surface area contributed by atoms with Gasteiger partial charge in [-0.2, -0.15) is 0 Å². The Morgan fingerprint density at radius 2 is 1.82 bits per heavy atom. The van der Waals surface area contributed by atoms with Gasteiger partial charge >= 0.3 is 0 Å². The van der Waals surface area contributed by atoms with Crippen LogP contribution in [0.4, 0.5) is 10.1 Å². The molecular weight excluding hydrogens is 423 g/mol. The first kappa shape index (κ1) is 22.8. The number of carbonyl (C=O) groups is 1. The van der Waals surface area contributed by atoms with Crippen molar-refractivity contribution >= 4 is 11.6 Å². The minimum atomic E-state index is -0.219. The molecule has 1 aromatic heterocycles. The number of halogens is 1. The number of piperazine rings is 1. The maximum atomic E-state index is 13.1. The van der Waals surface area contributed by atoms with Gasteiger partial charge in [-0.05, 0) is 50.2 Å². The summed E-state index contributed by atoms with van der Waals surface area (Å²) in [4.78, 5) is 17.4. The van der Waals surface area contributed by atoms with E-state index in [-0.39, 0.29) is 11.7 Å². The van der Waals surface area contributed by atoms with Crippen molar-refractivity contribution in [2.75, 3.05) is 44.2 Å². The number of nitrogens with zero attached hydrogens (tertiary/aromatic N) is 3. The summed E-state index contributed by atoms with van der Waals surface area (Å²) < 4.78 is 24.2. The zero-order valence-electron chi connectivity index (χ0n) is 19.0. The fourth-order valence-electron chi connectivity index (χ4n) is 3.94. The van der Waals surface area contributed by atoms with E-state index in [0.29, 0.717) is 30.2 Å². The topological polar surface area (TPSA) is 70.8 Å². The number of hydrogen-bond donors (Lipinski definition) is 1. The number of para-hydroxylation sites is 1. The van der Waals surface area contributed by atoms with E-state index < -0.39 is 0 Å². The molecule has 174 valence electrons. The van der Waals surface area contributed by atoms with Gasteiger partial charge in [-0.1, -0.05) is 17.3 Å². The highest BCUT2D eigenvalue weighted by atomic mass is 19.1. The summed E-state index contributed by atoms with van der Waals surface area (Å²) in [5, 5.41) is 6.94. The van der Waals surface area contributed by atoms with Crippen LogP contribution in [0.5, 0.6) is 5.75 Å².